The number of rotatable bonds is 3. The summed E-state index contributed by atoms with van der Waals surface area (Å²) in [4.78, 5) is 15.7. The van der Waals surface area contributed by atoms with Gasteiger partial charge in [0.2, 0.25) is 0 Å². The number of nitrogen functional groups attached to an aromatic ring is 1. The molecule has 2 N–H and O–H groups in total. The zero-order valence-electron chi connectivity index (χ0n) is 11.3. The summed E-state index contributed by atoms with van der Waals surface area (Å²) in [5.41, 5.74) is 9.34. The van der Waals surface area contributed by atoms with Gasteiger partial charge in [0, 0.05) is 5.69 Å². The molecule has 0 aliphatic heterocycles. The predicted molar refractivity (Wildman–Crippen MR) is 73.4 cm³/mol. The van der Waals surface area contributed by atoms with Crippen LogP contribution >= 0.6 is 0 Å². The Hall–Kier alpha value is -2.30. The van der Waals surface area contributed by atoms with E-state index in [1.165, 1.54) is 11.9 Å². The highest BCUT2D eigenvalue weighted by atomic mass is 16.5. The van der Waals surface area contributed by atoms with E-state index in [0.717, 1.165) is 11.3 Å². The van der Waals surface area contributed by atoms with Crippen LogP contribution in [-0.4, -0.2) is 22.1 Å². The van der Waals surface area contributed by atoms with Crippen LogP contribution in [0.5, 0.6) is 0 Å². The van der Waals surface area contributed by atoms with Crippen molar-refractivity contribution in [3.63, 3.8) is 0 Å². The topological polar surface area (TPSA) is 70.1 Å². The lowest BCUT2D eigenvalue weighted by atomic mass is 10.1. The maximum Gasteiger partial charge on any atom is 0.360 e. The summed E-state index contributed by atoms with van der Waals surface area (Å²) in [6.45, 7) is 6.11. The van der Waals surface area contributed by atoms with Gasteiger partial charge in [-0.3, -0.25) is 4.57 Å². The molecule has 2 rings (SSSR count). The molecule has 1 aromatic heterocycles. The Kier molecular flexibility index (Phi) is 3.55. The number of carbonyl (C=O) groups is 1. The summed E-state index contributed by atoms with van der Waals surface area (Å²) in [6.07, 6.45) is 1.53. The average Bonchev–Trinajstić information content (AvgIpc) is 2.75. The second-order valence-corrected chi connectivity index (χ2v) is 4.34. The van der Waals surface area contributed by atoms with Gasteiger partial charge in [0.1, 0.15) is 12.1 Å². The maximum absolute atomic E-state index is 11.7. The zero-order valence-corrected chi connectivity index (χ0v) is 11.3. The van der Waals surface area contributed by atoms with Crippen molar-refractivity contribution in [1.29, 1.82) is 0 Å². The number of anilines is 1. The van der Waals surface area contributed by atoms with Crippen LogP contribution in [0.15, 0.2) is 24.5 Å². The number of ether oxygens (including phenoxy) is 1. The average molecular weight is 259 g/mol. The molecule has 0 fully saturated rings. The minimum Gasteiger partial charge on any atom is -0.461 e. The SMILES string of the molecule is CCOC(=O)c1ncn(-c2ccc(C)c(C)c2)c1N. The van der Waals surface area contributed by atoms with Crippen LogP contribution in [0.4, 0.5) is 5.82 Å². The highest BCUT2D eigenvalue weighted by Crippen LogP contribution is 2.20. The Morgan fingerprint density at radius 3 is 2.74 bits per heavy atom. The van der Waals surface area contributed by atoms with E-state index >= 15 is 0 Å². The molecular weight excluding hydrogens is 242 g/mol. The summed E-state index contributed by atoms with van der Waals surface area (Å²) in [7, 11) is 0. The Morgan fingerprint density at radius 1 is 1.37 bits per heavy atom. The molecule has 5 heteroatoms. The number of carbonyl (C=O) groups excluding carboxylic acids is 1. The molecule has 0 radical (unpaired) electrons. The van der Waals surface area contributed by atoms with Gasteiger partial charge in [0.15, 0.2) is 5.69 Å². The van der Waals surface area contributed by atoms with E-state index in [1.54, 1.807) is 11.5 Å². The molecule has 0 aliphatic carbocycles. The molecule has 1 heterocycles. The van der Waals surface area contributed by atoms with Crippen LogP contribution in [0.3, 0.4) is 0 Å². The standard InChI is InChI=1S/C14H17N3O2/c1-4-19-14(18)12-13(15)17(8-16-12)11-6-5-9(2)10(3)7-11/h5-8H,4,15H2,1-3H3. The summed E-state index contributed by atoms with van der Waals surface area (Å²) in [6, 6.07) is 5.95. The fourth-order valence-electron chi connectivity index (χ4n) is 1.80. The molecule has 100 valence electrons. The molecule has 0 spiro atoms. The van der Waals surface area contributed by atoms with Crippen molar-refractivity contribution in [2.24, 2.45) is 0 Å². The number of imidazole rings is 1. The summed E-state index contributed by atoms with van der Waals surface area (Å²) >= 11 is 0. The van der Waals surface area contributed by atoms with E-state index in [4.69, 9.17) is 10.5 Å². The van der Waals surface area contributed by atoms with Gasteiger partial charge >= 0.3 is 5.97 Å². The highest BCUT2D eigenvalue weighted by molar-refractivity contribution is 5.92. The molecule has 0 unspecified atom stereocenters. The van der Waals surface area contributed by atoms with E-state index in [1.807, 2.05) is 32.0 Å². The van der Waals surface area contributed by atoms with Gasteiger partial charge in [-0.2, -0.15) is 0 Å². The van der Waals surface area contributed by atoms with Crippen molar-refractivity contribution in [1.82, 2.24) is 9.55 Å². The molecule has 0 aliphatic rings. The molecule has 0 atom stereocenters. The van der Waals surface area contributed by atoms with Crippen molar-refractivity contribution in [2.45, 2.75) is 20.8 Å². The van der Waals surface area contributed by atoms with Gasteiger partial charge in [-0.25, -0.2) is 9.78 Å². The zero-order chi connectivity index (χ0) is 14.0. The number of nitrogens with two attached hydrogens (primary N) is 1. The minimum absolute atomic E-state index is 0.153. The summed E-state index contributed by atoms with van der Waals surface area (Å²) in [5.74, 6) is -0.204. The first-order valence-corrected chi connectivity index (χ1v) is 6.12. The van der Waals surface area contributed by atoms with Crippen molar-refractivity contribution in [2.75, 3.05) is 12.3 Å². The van der Waals surface area contributed by atoms with Crippen LogP contribution in [-0.2, 0) is 4.74 Å². The van der Waals surface area contributed by atoms with Crippen molar-refractivity contribution < 1.29 is 9.53 Å². The van der Waals surface area contributed by atoms with Gasteiger partial charge in [0.05, 0.1) is 6.61 Å². The lowest BCUT2D eigenvalue weighted by molar-refractivity contribution is 0.0521. The molecule has 1 aromatic carbocycles. The van der Waals surface area contributed by atoms with Gasteiger partial charge in [0.25, 0.3) is 0 Å². The largest absolute Gasteiger partial charge is 0.461 e. The lowest BCUT2D eigenvalue weighted by Gasteiger charge is -2.08. The van der Waals surface area contributed by atoms with Crippen LogP contribution in [0.25, 0.3) is 5.69 Å². The number of aryl methyl sites for hydroxylation is 2. The molecule has 5 nitrogen and oxygen atoms in total. The number of esters is 1. The maximum atomic E-state index is 11.7. The summed E-state index contributed by atoms with van der Waals surface area (Å²) < 4.78 is 6.59. The second-order valence-electron chi connectivity index (χ2n) is 4.34. The van der Waals surface area contributed by atoms with Crippen molar-refractivity contribution in [3.05, 3.63) is 41.3 Å². The third-order valence-electron chi connectivity index (χ3n) is 3.04. The fourth-order valence-corrected chi connectivity index (χ4v) is 1.80. The van der Waals surface area contributed by atoms with Crippen LogP contribution in [0.1, 0.15) is 28.5 Å². The van der Waals surface area contributed by atoms with E-state index in [-0.39, 0.29) is 5.69 Å². The third kappa shape index (κ3) is 2.45. The quantitative estimate of drug-likeness (QED) is 0.858. The normalized spacial score (nSPS) is 10.5. The van der Waals surface area contributed by atoms with Gasteiger partial charge in [-0.15, -0.1) is 0 Å². The fraction of sp³-hybridized carbons (Fsp3) is 0.286. The van der Waals surface area contributed by atoms with Crippen molar-refractivity contribution >= 4 is 11.8 Å². The first kappa shape index (κ1) is 13.1. The van der Waals surface area contributed by atoms with Gasteiger partial charge in [-0.1, -0.05) is 6.07 Å². The third-order valence-corrected chi connectivity index (χ3v) is 3.04. The molecule has 0 bridgehead atoms. The monoisotopic (exact) mass is 259 g/mol. The molecule has 2 aromatic rings. The summed E-state index contributed by atoms with van der Waals surface area (Å²) in [5, 5.41) is 0. The van der Waals surface area contributed by atoms with Gasteiger partial charge in [-0.05, 0) is 44.0 Å². The predicted octanol–water partition coefficient (Wildman–Crippen LogP) is 2.25. The Labute approximate surface area is 112 Å². The molecular formula is C14H17N3O2. The van der Waals surface area contributed by atoms with E-state index in [2.05, 4.69) is 4.98 Å². The molecule has 0 saturated heterocycles. The minimum atomic E-state index is -0.498. The van der Waals surface area contributed by atoms with Crippen LogP contribution < -0.4 is 5.73 Å². The van der Waals surface area contributed by atoms with Crippen LogP contribution in [0.2, 0.25) is 0 Å². The van der Waals surface area contributed by atoms with Crippen molar-refractivity contribution in [3.8, 4) is 5.69 Å². The Bertz CT molecular complexity index is 617. The van der Waals surface area contributed by atoms with E-state index < -0.39 is 5.97 Å². The Balaban J connectivity index is 2.41. The number of benzene rings is 1. The highest BCUT2D eigenvalue weighted by Gasteiger charge is 2.17. The lowest BCUT2D eigenvalue weighted by Crippen LogP contribution is -2.09. The first-order valence-electron chi connectivity index (χ1n) is 6.12. The number of hydrogen-bond acceptors (Lipinski definition) is 4. The van der Waals surface area contributed by atoms with E-state index in [0.29, 0.717) is 12.4 Å². The second kappa shape index (κ2) is 5.14. The Morgan fingerprint density at radius 2 is 2.11 bits per heavy atom. The molecule has 19 heavy (non-hydrogen) atoms. The number of nitrogens with zero attached hydrogens (tertiary/aromatic N) is 2. The smallest absolute Gasteiger partial charge is 0.360 e. The first-order chi connectivity index (χ1) is 9.04. The van der Waals surface area contributed by atoms with Crippen LogP contribution in [0, 0.1) is 13.8 Å². The molecule has 0 saturated carbocycles. The van der Waals surface area contributed by atoms with Gasteiger partial charge < -0.3 is 10.5 Å². The van der Waals surface area contributed by atoms with E-state index in [9.17, 15) is 4.79 Å². The molecule has 0 amide bonds. The number of hydrogen-bond donors (Lipinski definition) is 1. The number of aromatic nitrogens is 2.